The molecule has 0 amide bonds. The third-order valence-electron chi connectivity index (χ3n) is 2.32. The van der Waals surface area contributed by atoms with Crippen LogP contribution in [0.1, 0.15) is 18.9 Å². The van der Waals surface area contributed by atoms with Gasteiger partial charge in [-0.15, -0.1) is 0 Å². The van der Waals surface area contributed by atoms with Gasteiger partial charge >= 0.3 is 0 Å². The molecule has 2 aromatic rings. The second-order valence-corrected chi connectivity index (χ2v) is 3.48. The average molecular weight is 206 g/mol. The number of aryl methyl sites for hydroxylation is 1. The first kappa shape index (κ1) is 9.92. The highest BCUT2D eigenvalue weighted by Crippen LogP contribution is 2.21. The molecule has 2 aromatic heterocycles. The largest absolute Gasteiger partial charge is 0.439 e. The number of aromatic nitrogens is 3. The lowest BCUT2D eigenvalue weighted by Gasteiger charge is -2.03. The van der Waals surface area contributed by atoms with Crippen LogP contribution in [0.4, 0.5) is 0 Å². The summed E-state index contributed by atoms with van der Waals surface area (Å²) < 4.78 is 7.34. The highest BCUT2D eigenvalue weighted by molar-refractivity contribution is 5.53. The fourth-order valence-electron chi connectivity index (χ4n) is 1.29. The van der Waals surface area contributed by atoms with E-state index in [1.165, 1.54) is 0 Å². The molecule has 2 heterocycles. The fraction of sp³-hybridized carbons (Fsp3) is 0.400. The number of rotatable bonds is 3. The van der Waals surface area contributed by atoms with E-state index in [1.54, 1.807) is 17.1 Å². The van der Waals surface area contributed by atoms with Crippen molar-refractivity contribution >= 4 is 0 Å². The van der Waals surface area contributed by atoms with E-state index in [9.17, 15) is 0 Å². The third-order valence-corrected chi connectivity index (χ3v) is 2.32. The predicted octanol–water partition coefficient (Wildman–Crippen LogP) is 1.36. The molecule has 0 spiro atoms. The molecule has 1 atom stereocenters. The summed E-state index contributed by atoms with van der Waals surface area (Å²) in [6.07, 6.45) is 5.38. The maximum absolute atomic E-state index is 5.61. The maximum Gasteiger partial charge on any atom is 0.211 e. The van der Waals surface area contributed by atoms with Gasteiger partial charge in [0, 0.05) is 13.2 Å². The van der Waals surface area contributed by atoms with Crippen molar-refractivity contribution in [3.8, 4) is 11.3 Å². The molecule has 1 N–H and O–H groups in total. The number of oxazole rings is 1. The summed E-state index contributed by atoms with van der Waals surface area (Å²) in [6, 6.07) is 0.121. The lowest BCUT2D eigenvalue weighted by molar-refractivity contribution is 0.441. The summed E-state index contributed by atoms with van der Waals surface area (Å²) in [5, 5.41) is 7.15. The van der Waals surface area contributed by atoms with Crippen LogP contribution in [0.15, 0.2) is 23.0 Å². The van der Waals surface area contributed by atoms with E-state index in [4.69, 9.17) is 4.42 Å². The number of hydrogen-bond donors (Lipinski definition) is 1. The van der Waals surface area contributed by atoms with Crippen molar-refractivity contribution in [1.29, 1.82) is 0 Å². The van der Waals surface area contributed by atoms with Crippen LogP contribution in [0.2, 0.25) is 0 Å². The van der Waals surface area contributed by atoms with Gasteiger partial charge < -0.3 is 9.73 Å². The molecule has 2 rings (SSSR count). The Morgan fingerprint density at radius 2 is 2.27 bits per heavy atom. The second-order valence-electron chi connectivity index (χ2n) is 3.48. The molecule has 0 fully saturated rings. The van der Waals surface area contributed by atoms with Gasteiger partial charge in [0.2, 0.25) is 5.89 Å². The molecule has 0 aromatic carbocycles. The Hall–Kier alpha value is -1.62. The quantitative estimate of drug-likeness (QED) is 0.823. The van der Waals surface area contributed by atoms with E-state index in [0.29, 0.717) is 5.89 Å². The average Bonchev–Trinajstić information content (AvgIpc) is 2.84. The van der Waals surface area contributed by atoms with Gasteiger partial charge in [0.15, 0.2) is 5.76 Å². The minimum absolute atomic E-state index is 0.121. The Labute approximate surface area is 88.1 Å². The Kier molecular flexibility index (Phi) is 2.55. The molecule has 0 aliphatic rings. The summed E-state index contributed by atoms with van der Waals surface area (Å²) >= 11 is 0. The van der Waals surface area contributed by atoms with E-state index in [-0.39, 0.29) is 6.04 Å². The Morgan fingerprint density at radius 1 is 1.47 bits per heavy atom. The van der Waals surface area contributed by atoms with Gasteiger partial charge in [-0.25, -0.2) is 4.98 Å². The zero-order valence-electron chi connectivity index (χ0n) is 9.06. The van der Waals surface area contributed by atoms with Crippen molar-refractivity contribution in [3.05, 3.63) is 24.5 Å². The van der Waals surface area contributed by atoms with Crippen molar-refractivity contribution in [2.45, 2.75) is 13.0 Å². The van der Waals surface area contributed by atoms with E-state index >= 15 is 0 Å². The molecule has 80 valence electrons. The first-order chi connectivity index (χ1) is 7.20. The zero-order valence-corrected chi connectivity index (χ0v) is 9.06. The molecule has 5 nitrogen and oxygen atoms in total. The van der Waals surface area contributed by atoms with E-state index in [2.05, 4.69) is 15.4 Å². The molecule has 15 heavy (non-hydrogen) atoms. The van der Waals surface area contributed by atoms with Crippen LogP contribution >= 0.6 is 0 Å². The van der Waals surface area contributed by atoms with Crippen molar-refractivity contribution < 1.29 is 4.42 Å². The van der Waals surface area contributed by atoms with Crippen LogP contribution in [-0.2, 0) is 7.05 Å². The molecule has 0 bridgehead atoms. The molecular formula is C10H14N4O. The molecule has 0 aliphatic heterocycles. The SMILES string of the molecule is CNC(C)c1ncc(-c2cnn(C)c2)o1. The van der Waals surface area contributed by atoms with E-state index in [1.807, 2.05) is 27.2 Å². The van der Waals surface area contributed by atoms with Crippen molar-refractivity contribution in [2.75, 3.05) is 7.05 Å². The Morgan fingerprint density at radius 3 is 2.87 bits per heavy atom. The first-order valence-electron chi connectivity index (χ1n) is 4.82. The molecule has 0 aliphatic carbocycles. The smallest absolute Gasteiger partial charge is 0.211 e. The minimum atomic E-state index is 0.121. The normalized spacial score (nSPS) is 13.0. The molecule has 0 saturated heterocycles. The highest BCUT2D eigenvalue weighted by atomic mass is 16.4. The number of hydrogen-bond acceptors (Lipinski definition) is 4. The van der Waals surface area contributed by atoms with Gasteiger partial charge in [0.25, 0.3) is 0 Å². The lowest BCUT2D eigenvalue weighted by atomic mass is 10.3. The molecule has 5 heteroatoms. The topological polar surface area (TPSA) is 55.9 Å². The minimum Gasteiger partial charge on any atom is -0.439 e. The monoisotopic (exact) mass is 206 g/mol. The third kappa shape index (κ3) is 1.92. The van der Waals surface area contributed by atoms with E-state index < -0.39 is 0 Å². The zero-order chi connectivity index (χ0) is 10.8. The van der Waals surface area contributed by atoms with Gasteiger partial charge in [-0.05, 0) is 14.0 Å². The van der Waals surface area contributed by atoms with Crippen LogP contribution in [0.5, 0.6) is 0 Å². The molecule has 0 saturated carbocycles. The summed E-state index contributed by atoms with van der Waals surface area (Å²) in [7, 11) is 3.75. The summed E-state index contributed by atoms with van der Waals surface area (Å²) in [5.74, 6) is 1.44. The number of nitrogens with one attached hydrogen (secondary N) is 1. The molecule has 0 radical (unpaired) electrons. The molecule has 1 unspecified atom stereocenters. The summed E-state index contributed by atoms with van der Waals surface area (Å²) in [5.41, 5.74) is 0.944. The summed E-state index contributed by atoms with van der Waals surface area (Å²) in [6.45, 7) is 2.00. The highest BCUT2D eigenvalue weighted by Gasteiger charge is 2.12. The van der Waals surface area contributed by atoms with Crippen LogP contribution < -0.4 is 5.32 Å². The van der Waals surface area contributed by atoms with Crippen molar-refractivity contribution in [3.63, 3.8) is 0 Å². The van der Waals surface area contributed by atoms with Gasteiger partial charge in [-0.2, -0.15) is 5.10 Å². The second kappa shape index (κ2) is 3.86. The Balaban J connectivity index is 2.27. The number of nitrogens with zero attached hydrogens (tertiary/aromatic N) is 3. The summed E-state index contributed by atoms with van der Waals surface area (Å²) in [4.78, 5) is 4.21. The Bertz CT molecular complexity index is 446. The van der Waals surface area contributed by atoms with Crippen LogP contribution in [0, 0.1) is 0 Å². The van der Waals surface area contributed by atoms with Crippen molar-refractivity contribution in [2.24, 2.45) is 7.05 Å². The van der Waals surface area contributed by atoms with Crippen LogP contribution in [-0.4, -0.2) is 21.8 Å². The van der Waals surface area contributed by atoms with Gasteiger partial charge in [-0.3, -0.25) is 4.68 Å². The van der Waals surface area contributed by atoms with Crippen LogP contribution in [0.25, 0.3) is 11.3 Å². The van der Waals surface area contributed by atoms with Crippen LogP contribution in [0.3, 0.4) is 0 Å². The lowest BCUT2D eigenvalue weighted by Crippen LogP contribution is -2.12. The van der Waals surface area contributed by atoms with Crippen molar-refractivity contribution in [1.82, 2.24) is 20.1 Å². The van der Waals surface area contributed by atoms with Gasteiger partial charge in [0.1, 0.15) is 0 Å². The van der Waals surface area contributed by atoms with Gasteiger partial charge in [0.05, 0.1) is 24.0 Å². The first-order valence-corrected chi connectivity index (χ1v) is 4.82. The van der Waals surface area contributed by atoms with Gasteiger partial charge in [-0.1, -0.05) is 0 Å². The predicted molar refractivity (Wildman–Crippen MR) is 56.2 cm³/mol. The standard InChI is InChI=1S/C10H14N4O/c1-7(11-2)10-12-5-9(15-10)8-4-13-14(3)6-8/h4-7,11H,1-3H3. The van der Waals surface area contributed by atoms with E-state index in [0.717, 1.165) is 11.3 Å². The molecular weight excluding hydrogens is 192 g/mol. The fourth-order valence-corrected chi connectivity index (χ4v) is 1.29. The maximum atomic E-state index is 5.61.